The smallest absolute Gasteiger partial charge is 0.230 e. The molecular formula is C25H34N4O2. The van der Waals surface area contributed by atoms with Crippen LogP contribution in [0.15, 0.2) is 42.6 Å². The number of benzene rings is 1. The highest BCUT2D eigenvalue weighted by molar-refractivity contribution is 5.95. The summed E-state index contributed by atoms with van der Waals surface area (Å²) in [6, 6.07) is 12.3. The quantitative estimate of drug-likeness (QED) is 0.803. The summed E-state index contributed by atoms with van der Waals surface area (Å²) in [5, 5.41) is 10.1. The zero-order chi connectivity index (χ0) is 22.0. The van der Waals surface area contributed by atoms with Crippen molar-refractivity contribution in [3.05, 3.63) is 53.9 Å². The molecule has 0 bridgehead atoms. The fraction of sp³-hybridized carbons (Fsp3) is 0.520. The first-order valence-electron chi connectivity index (χ1n) is 11.3. The third-order valence-electron chi connectivity index (χ3n) is 6.54. The van der Waals surface area contributed by atoms with Gasteiger partial charge in [-0.25, -0.2) is 0 Å². The fourth-order valence-corrected chi connectivity index (χ4v) is 4.61. The average Bonchev–Trinajstić information content (AvgIpc) is 2.76. The normalized spacial score (nSPS) is 20.9. The zero-order valence-electron chi connectivity index (χ0n) is 18.9. The van der Waals surface area contributed by atoms with E-state index in [4.69, 9.17) is 0 Å². The number of para-hydroxylation sites is 1. The topological polar surface area (TPSA) is 59.9 Å². The minimum atomic E-state index is -0.986. The molecule has 0 radical (unpaired) electrons. The number of amides is 1. The van der Waals surface area contributed by atoms with E-state index in [0.29, 0.717) is 5.69 Å². The van der Waals surface area contributed by atoms with Crippen molar-refractivity contribution in [1.82, 2.24) is 9.88 Å². The van der Waals surface area contributed by atoms with Gasteiger partial charge in [0.25, 0.3) is 0 Å². The van der Waals surface area contributed by atoms with Crippen LogP contribution >= 0.6 is 0 Å². The maximum absolute atomic E-state index is 13.4. The molecule has 0 aliphatic carbocycles. The van der Waals surface area contributed by atoms with Crippen LogP contribution in [0, 0.1) is 5.92 Å². The van der Waals surface area contributed by atoms with E-state index in [9.17, 15) is 9.90 Å². The molecule has 4 rings (SSSR count). The van der Waals surface area contributed by atoms with Gasteiger partial charge in [-0.1, -0.05) is 18.2 Å². The van der Waals surface area contributed by atoms with Crippen LogP contribution in [-0.2, 0) is 16.8 Å². The summed E-state index contributed by atoms with van der Waals surface area (Å²) in [6.07, 6.45) is 4.39. The maximum Gasteiger partial charge on any atom is 0.230 e. The van der Waals surface area contributed by atoms with Crippen molar-refractivity contribution in [2.75, 3.05) is 49.6 Å². The molecule has 6 heteroatoms. The standard InChI is InChI=1S/C25H34N4O2/c1-25(2,31)23-11-10-21(18-26-23)29-12-6-8-20(24(29)30)17-19-7-4-5-9-22(19)28-15-13-27(3)14-16-28/h4-5,7,9-11,18,20,31H,6,8,12-17H2,1-3H3. The number of hydrogen-bond donors (Lipinski definition) is 1. The van der Waals surface area contributed by atoms with Crippen molar-refractivity contribution in [3.8, 4) is 0 Å². The SMILES string of the molecule is CN1CCN(c2ccccc2CC2CCCN(c3ccc(C(C)(C)O)nc3)C2=O)CC1. The van der Waals surface area contributed by atoms with Crippen molar-refractivity contribution in [3.63, 3.8) is 0 Å². The lowest BCUT2D eigenvalue weighted by molar-refractivity contribution is -0.123. The molecule has 1 N–H and O–H groups in total. The highest BCUT2D eigenvalue weighted by Gasteiger charge is 2.31. The van der Waals surface area contributed by atoms with E-state index in [2.05, 4.69) is 46.1 Å². The predicted molar refractivity (Wildman–Crippen MR) is 124 cm³/mol. The molecule has 6 nitrogen and oxygen atoms in total. The van der Waals surface area contributed by atoms with Gasteiger partial charge in [0.05, 0.1) is 17.6 Å². The summed E-state index contributed by atoms with van der Waals surface area (Å²) >= 11 is 0. The Hall–Kier alpha value is -2.44. The van der Waals surface area contributed by atoms with Gasteiger partial charge in [0.15, 0.2) is 0 Å². The number of rotatable bonds is 5. The summed E-state index contributed by atoms with van der Waals surface area (Å²) in [5.74, 6) is 0.161. The number of aliphatic hydroxyl groups is 1. The molecule has 1 aromatic heterocycles. The first kappa shape index (κ1) is 21.8. The summed E-state index contributed by atoms with van der Waals surface area (Å²) in [5.41, 5.74) is 2.98. The van der Waals surface area contributed by atoms with E-state index in [-0.39, 0.29) is 11.8 Å². The first-order chi connectivity index (χ1) is 14.8. The fourth-order valence-electron chi connectivity index (χ4n) is 4.61. The van der Waals surface area contributed by atoms with Crippen LogP contribution in [0.4, 0.5) is 11.4 Å². The number of pyridine rings is 1. The number of aromatic nitrogens is 1. The molecule has 2 saturated heterocycles. The van der Waals surface area contributed by atoms with Gasteiger partial charge in [-0.3, -0.25) is 9.78 Å². The lowest BCUT2D eigenvalue weighted by Crippen LogP contribution is -2.45. The van der Waals surface area contributed by atoms with Crippen LogP contribution in [0.5, 0.6) is 0 Å². The highest BCUT2D eigenvalue weighted by Crippen LogP contribution is 2.31. The van der Waals surface area contributed by atoms with Crippen LogP contribution in [0.1, 0.15) is 37.9 Å². The maximum atomic E-state index is 13.4. The Balaban J connectivity index is 1.49. The Morgan fingerprint density at radius 1 is 1.06 bits per heavy atom. The summed E-state index contributed by atoms with van der Waals surface area (Å²) in [4.78, 5) is 24.5. The van der Waals surface area contributed by atoms with Crippen molar-refractivity contribution >= 4 is 17.3 Å². The Bertz CT molecular complexity index is 898. The van der Waals surface area contributed by atoms with Crippen LogP contribution in [-0.4, -0.2) is 60.7 Å². The summed E-state index contributed by atoms with van der Waals surface area (Å²) in [6.45, 7) is 8.34. The van der Waals surface area contributed by atoms with Gasteiger partial charge in [0.2, 0.25) is 5.91 Å². The number of piperidine rings is 1. The lowest BCUT2D eigenvalue weighted by atomic mass is 9.89. The highest BCUT2D eigenvalue weighted by atomic mass is 16.3. The van der Waals surface area contributed by atoms with Gasteiger partial charge in [-0.05, 0) is 63.9 Å². The number of nitrogens with zero attached hydrogens (tertiary/aromatic N) is 4. The number of hydrogen-bond acceptors (Lipinski definition) is 5. The van der Waals surface area contributed by atoms with Crippen LogP contribution in [0.3, 0.4) is 0 Å². The van der Waals surface area contributed by atoms with Crippen molar-refractivity contribution < 1.29 is 9.90 Å². The van der Waals surface area contributed by atoms with E-state index in [1.807, 2.05) is 17.0 Å². The molecule has 0 saturated carbocycles. The van der Waals surface area contributed by atoms with Crippen molar-refractivity contribution in [2.45, 2.75) is 38.7 Å². The monoisotopic (exact) mass is 422 g/mol. The van der Waals surface area contributed by atoms with E-state index in [1.54, 1.807) is 20.0 Å². The minimum absolute atomic E-state index is 0.0173. The molecule has 166 valence electrons. The third-order valence-corrected chi connectivity index (χ3v) is 6.54. The van der Waals surface area contributed by atoms with Gasteiger partial charge in [-0.2, -0.15) is 0 Å². The van der Waals surface area contributed by atoms with Crippen molar-refractivity contribution in [1.29, 1.82) is 0 Å². The molecule has 0 spiro atoms. The molecule has 2 aliphatic rings. The molecule has 3 heterocycles. The number of anilines is 2. The van der Waals surface area contributed by atoms with Crippen LogP contribution in [0.25, 0.3) is 0 Å². The molecule has 1 atom stereocenters. The second-order valence-corrected chi connectivity index (χ2v) is 9.41. The molecule has 2 aliphatic heterocycles. The number of carbonyl (C=O) groups excluding carboxylic acids is 1. The van der Waals surface area contributed by atoms with E-state index >= 15 is 0 Å². The largest absolute Gasteiger partial charge is 0.384 e. The second-order valence-electron chi connectivity index (χ2n) is 9.41. The number of piperazine rings is 1. The van der Waals surface area contributed by atoms with Crippen molar-refractivity contribution in [2.24, 2.45) is 5.92 Å². The molecule has 1 amide bonds. The number of likely N-dealkylation sites (N-methyl/N-ethyl adjacent to an activating group) is 1. The van der Waals surface area contributed by atoms with E-state index in [0.717, 1.165) is 57.7 Å². The van der Waals surface area contributed by atoms with Gasteiger partial charge in [0, 0.05) is 44.3 Å². The summed E-state index contributed by atoms with van der Waals surface area (Å²) in [7, 11) is 2.17. The summed E-state index contributed by atoms with van der Waals surface area (Å²) < 4.78 is 0. The second kappa shape index (κ2) is 8.97. The number of carbonyl (C=O) groups is 1. The average molecular weight is 423 g/mol. The molecule has 2 fully saturated rings. The van der Waals surface area contributed by atoms with Crippen LogP contribution < -0.4 is 9.80 Å². The predicted octanol–water partition coefficient (Wildman–Crippen LogP) is 3.05. The zero-order valence-corrected chi connectivity index (χ0v) is 18.9. The van der Waals surface area contributed by atoms with Gasteiger partial charge in [-0.15, -0.1) is 0 Å². The Morgan fingerprint density at radius 2 is 1.81 bits per heavy atom. The van der Waals surface area contributed by atoms with Gasteiger partial charge in [0.1, 0.15) is 5.60 Å². The molecular weight excluding hydrogens is 388 g/mol. The first-order valence-corrected chi connectivity index (χ1v) is 11.3. The molecule has 1 unspecified atom stereocenters. The van der Waals surface area contributed by atoms with Gasteiger partial charge >= 0.3 is 0 Å². The third kappa shape index (κ3) is 4.91. The lowest BCUT2D eigenvalue weighted by Gasteiger charge is -2.36. The Labute approximate surface area is 185 Å². The van der Waals surface area contributed by atoms with Crippen LogP contribution in [0.2, 0.25) is 0 Å². The Kier molecular flexibility index (Phi) is 6.30. The van der Waals surface area contributed by atoms with E-state index < -0.39 is 5.60 Å². The van der Waals surface area contributed by atoms with E-state index in [1.165, 1.54) is 11.3 Å². The molecule has 2 aromatic rings. The minimum Gasteiger partial charge on any atom is -0.384 e. The molecule has 1 aromatic carbocycles. The molecule has 31 heavy (non-hydrogen) atoms. The Morgan fingerprint density at radius 3 is 2.48 bits per heavy atom. The van der Waals surface area contributed by atoms with Gasteiger partial charge < -0.3 is 19.8 Å².